The topological polar surface area (TPSA) is 15.3 Å². The Morgan fingerprint density at radius 1 is 1.38 bits per heavy atom. The van der Waals surface area contributed by atoms with E-state index in [4.69, 9.17) is 11.6 Å². The van der Waals surface area contributed by atoms with Crippen molar-refractivity contribution in [3.05, 3.63) is 34.9 Å². The molecule has 2 nitrogen and oxygen atoms in total. The lowest BCUT2D eigenvalue weighted by Gasteiger charge is -2.18. The van der Waals surface area contributed by atoms with Gasteiger partial charge in [0.15, 0.2) is 0 Å². The first-order valence-corrected chi connectivity index (χ1v) is 6.12. The molecule has 0 radical (unpaired) electrons. The molecule has 0 unspecified atom stereocenters. The van der Waals surface area contributed by atoms with Gasteiger partial charge in [-0.05, 0) is 24.7 Å². The summed E-state index contributed by atoms with van der Waals surface area (Å²) in [6.45, 7) is 7.34. The summed E-state index contributed by atoms with van der Waals surface area (Å²) in [7, 11) is 2.13. The third-order valence-corrected chi connectivity index (χ3v) is 2.62. The van der Waals surface area contributed by atoms with Gasteiger partial charge in [0, 0.05) is 30.7 Å². The lowest BCUT2D eigenvalue weighted by Crippen LogP contribution is -2.32. The van der Waals surface area contributed by atoms with Crippen LogP contribution in [0.3, 0.4) is 0 Å². The molecule has 0 aromatic heterocycles. The van der Waals surface area contributed by atoms with E-state index in [0.29, 0.717) is 6.04 Å². The molecule has 90 valence electrons. The van der Waals surface area contributed by atoms with Crippen LogP contribution in [0.1, 0.15) is 19.4 Å². The molecule has 0 aliphatic heterocycles. The summed E-state index contributed by atoms with van der Waals surface area (Å²) in [5.74, 6) is 0. The fourth-order valence-electron chi connectivity index (χ4n) is 1.57. The van der Waals surface area contributed by atoms with Crippen LogP contribution in [-0.4, -0.2) is 31.1 Å². The van der Waals surface area contributed by atoms with Crippen molar-refractivity contribution in [3.8, 4) is 0 Å². The number of likely N-dealkylation sites (N-methyl/N-ethyl adjacent to an activating group) is 1. The molecule has 0 aliphatic carbocycles. The van der Waals surface area contributed by atoms with Crippen LogP contribution in [0.4, 0.5) is 0 Å². The molecule has 0 bridgehead atoms. The Hall–Kier alpha value is -0.570. The van der Waals surface area contributed by atoms with Crippen LogP contribution in [-0.2, 0) is 6.54 Å². The first-order chi connectivity index (χ1) is 7.58. The van der Waals surface area contributed by atoms with Gasteiger partial charge in [-0.1, -0.05) is 37.6 Å². The lowest BCUT2D eigenvalue weighted by atomic mass is 10.2. The molecule has 0 heterocycles. The fourth-order valence-corrected chi connectivity index (χ4v) is 1.78. The van der Waals surface area contributed by atoms with Crippen LogP contribution in [0.2, 0.25) is 5.02 Å². The molecule has 0 saturated carbocycles. The minimum absolute atomic E-state index is 0.555. The van der Waals surface area contributed by atoms with E-state index >= 15 is 0 Å². The number of hydrogen-bond donors (Lipinski definition) is 1. The zero-order chi connectivity index (χ0) is 12.0. The second kappa shape index (κ2) is 6.89. The second-order valence-electron chi connectivity index (χ2n) is 4.48. The van der Waals surface area contributed by atoms with E-state index in [2.05, 4.69) is 37.2 Å². The normalized spacial score (nSPS) is 11.4. The molecule has 0 spiro atoms. The van der Waals surface area contributed by atoms with Gasteiger partial charge in [-0.25, -0.2) is 0 Å². The summed E-state index contributed by atoms with van der Waals surface area (Å²) >= 11 is 5.94. The molecule has 3 heteroatoms. The van der Waals surface area contributed by atoms with Crippen LogP contribution >= 0.6 is 11.6 Å². The SMILES string of the molecule is CC(C)NCCN(C)Cc1cccc(Cl)c1. The van der Waals surface area contributed by atoms with E-state index in [-0.39, 0.29) is 0 Å². The van der Waals surface area contributed by atoms with Gasteiger partial charge in [0.25, 0.3) is 0 Å². The minimum Gasteiger partial charge on any atom is -0.313 e. The molecule has 0 saturated heterocycles. The molecule has 0 aliphatic rings. The van der Waals surface area contributed by atoms with Crippen molar-refractivity contribution in [2.24, 2.45) is 0 Å². The van der Waals surface area contributed by atoms with E-state index in [0.717, 1.165) is 24.7 Å². The Balaban J connectivity index is 2.31. The molecule has 0 amide bonds. The number of hydrogen-bond acceptors (Lipinski definition) is 2. The largest absolute Gasteiger partial charge is 0.313 e. The second-order valence-corrected chi connectivity index (χ2v) is 4.91. The first kappa shape index (κ1) is 13.5. The first-order valence-electron chi connectivity index (χ1n) is 5.74. The minimum atomic E-state index is 0.555. The fraction of sp³-hybridized carbons (Fsp3) is 0.538. The third-order valence-electron chi connectivity index (χ3n) is 2.39. The molecular formula is C13H21ClN2. The number of rotatable bonds is 6. The van der Waals surface area contributed by atoms with E-state index in [1.807, 2.05) is 18.2 Å². The lowest BCUT2D eigenvalue weighted by molar-refractivity contribution is 0.320. The molecule has 1 aromatic carbocycles. The predicted octanol–water partition coefficient (Wildman–Crippen LogP) is 2.77. The van der Waals surface area contributed by atoms with Gasteiger partial charge in [-0.3, -0.25) is 0 Å². The van der Waals surface area contributed by atoms with Gasteiger partial charge in [0.2, 0.25) is 0 Å². The quantitative estimate of drug-likeness (QED) is 0.823. The Kier molecular flexibility index (Phi) is 5.81. The van der Waals surface area contributed by atoms with Crippen molar-refractivity contribution in [1.82, 2.24) is 10.2 Å². The van der Waals surface area contributed by atoms with Crippen molar-refractivity contribution in [2.75, 3.05) is 20.1 Å². The average Bonchev–Trinajstić information content (AvgIpc) is 2.16. The van der Waals surface area contributed by atoms with Gasteiger partial charge in [0.1, 0.15) is 0 Å². The smallest absolute Gasteiger partial charge is 0.0409 e. The van der Waals surface area contributed by atoms with Crippen molar-refractivity contribution >= 4 is 11.6 Å². The van der Waals surface area contributed by atoms with Crippen molar-refractivity contribution in [3.63, 3.8) is 0 Å². The zero-order valence-electron chi connectivity index (χ0n) is 10.3. The summed E-state index contributed by atoms with van der Waals surface area (Å²) < 4.78 is 0. The van der Waals surface area contributed by atoms with Gasteiger partial charge >= 0.3 is 0 Å². The Morgan fingerprint density at radius 3 is 2.75 bits per heavy atom. The van der Waals surface area contributed by atoms with E-state index in [9.17, 15) is 0 Å². The van der Waals surface area contributed by atoms with E-state index < -0.39 is 0 Å². The van der Waals surface area contributed by atoms with Gasteiger partial charge in [-0.15, -0.1) is 0 Å². The van der Waals surface area contributed by atoms with Gasteiger partial charge < -0.3 is 10.2 Å². The highest BCUT2D eigenvalue weighted by atomic mass is 35.5. The number of halogens is 1. The zero-order valence-corrected chi connectivity index (χ0v) is 11.1. The third kappa shape index (κ3) is 5.50. The van der Waals surface area contributed by atoms with Crippen LogP contribution in [0, 0.1) is 0 Å². The summed E-state index contributed by atoms with van der Waals surface area (Å²) in [5, 5.41) is 4.22. The van der Waals surface area contributed by atoms with Gasteiger partial charge in [0.05, 0.1) is 0 Å². The Morgan fingerprint density at radius 2 is 2.12 bits per heavy atom. The predicted molar refractivity (Wildman–Crippen MR) is 70.9 cm³/mol. The molecule has 0 fully saturated rings. The van der Waals surface area contributed by atoms with Crippen LogP contribution in [0.15, 0.2) is 24.3 Å². The highest BCUT2D eigenvalue weighted by Crippen LogP contribution is 2.11. The van der Waals surface area contributed by atoms with E-state index in [1.54, 1.807) is 0 Å². The Labute approximate surface area is 104 Å². The molecule has 1 N–H and O–H groups in total. The van der Waals surface area contributed by atoms with Gasteiger partial charge in [-0.2, -0.15) is 0 Å². The number of nitrogens with one attached hydrogen (secondary N) is 1. The number of benzene rings is 1. The van der Waals surface area contributed by atoms with E-state index in [1.165, 1.54) is 5.56 Å². The standard InChI is InChI=1S/C13H21ClN2/c1-11(2)15-7-8-16(3)10-12-5-4-6-13(14)9-12/h4-6,9,11,15H,7-8,10H2,1-3H3. The summed E-state index contributed by atoms with van der Waals surface area (Å²) in [6.07, 6.45) is 0. The molecule has 1 rings (SSSR count). The van der Waals surface area contributed by atoms with Crippen LogP contribution in [0.5, 0.6) is 0 Å². The monoisotopic (exact) mass is 240 g/mol. The molecule has 16 heavy (non-hydrogen) atoms. The van der Waals surface area contributed by atoms with Crippen LogP contribution in [0.25, 0.3) is 0 Å². The highest BCUT2D eigenvalue weighted by Gasteiger charge is 2.01. The van der Waals surface area contributed by atoms with Crippen molar-refractivity contribution in [2.45, 2.75) is 26.4 Å². The maximum absolute atomic E-state index is 5.94. The summed E-state index contributed by atoms with van der Waals surface area (Å²) in [6, 6.07) is 8.59. The van der Waals surface area contributed by atoms with Crippen molar-refractivity contribution < 1.29 is 0 Å². The van der Waals surface area contributed by atoms with Crippen molar-refractivity contribution in [1.29, 1.82) is 0 Å². The molecule has 1 aromatic rings. The Bertz CT molecular complexity index is 313. The average molecular weight is 241 g/mol. The summed E-state index contributed by atoms with van der Waals surface area (Å²) in [4.78, 5) is 2.29. The maximum atomic E-state index is 5.94. The number of nitrogens with zero attached hydrogens (tertiary/aromatic N) is 1. The maximum Gasteiger partial charge on any atom is 0.0409 e. The van der Waals surface area contributed by atoms with Crippen LogP contribution < -0.4 is 5.32 Å². The highest BCUT2D eigenvalue weighted by molar-refractivity contribution is 6.30. The molecule has 0 atom stereocenters. The molecular weight excluding hydrogens is 220 g/mol. The summed E-state index contributed by atoms with van der Waals surface area (Å²) in [5.41, 5.74) is 1.26.